The van der Waals surface area contributed by atoms with E-state index in [0.717, 1.165) is 33.4 Å². The maximum Gasteiger partial charge on any atom is 0.200 e. The predicted octanol–water partition coefficient (Wildman–Crippen LogP) is 5.99. The van der Waals surface area contributed by atoms with Gasteiger partial charge in [-0.15, -0.1) is 0 Å². The summed E-state index contributed by atoms with van der Waals surface area (Å²) in [6, 6.07) is 27.9. The molecular weight excluding hydrogens is 374 g/mol. The Morgan fingerprint density at radius 3 is 1.60 bits per heavy atom. The van der Waals surface area contributed by atoms with Gasteiger partial charge in [0.2, 0.25) is 5.75 Å². The maximum absolute atomic E-state index is 10.4. The molecule has 0 aliphatic rings. The summed E-state index contributed by atoms with van der Waals surface area (Å²) in [6.07, 6.45) is 0. The van der Waals surface area contributed by atoms with Gasteiger partial charge >= 0.3 is 0 Å². The number of nitrogens with two attached hydrogens (primary N) is 1. The first-order valence-electron chi connectivity index (χ1n) is 9.62. The van der Waals surface area contributed by atoms with Gasteiger partial charge < -0.3 is 20.3 Å². The number of phenols is 1. The van der Waals surface area contributed by atoms with Gasteiger partial charge in [0.25, 0.3) is 0 Å². The first-order valence-corrected chi connectivity index (χ1v) is 9.62. The fourth-order valence-electron chi connectivity index (χ4n) is 3.70. The second kappa shape index (κ2) is 8.21. The van der Waals surface area contributed by atoms with Gasteiger partial charge in [-0.3, -0.25) is 0 Å². The lowest BCUT2D eigenvalue weighted by atomic mass is 9.87. The molecule has 0 fully saturated rings. The second-order valence-electron chi connectivity index (χ2n) is 6.95. The molecule has 4 aromatic rings. The Morgan fingerprint density at radius 1 is 0.633 bits per heavy atom. The van der Waals surface area contributed by atoms with E-state index in [-0.39, 0.29) is 5.75 Å². The van der Waals surface area contributed by atoms with Crippen molar-refractivity contribution in [2.45, 2.75) is 0 Å². The Kier molecular flexibility index (Phi) is 5.31. The van der Waals surface area contributed by atoms with E-state index in [0.29, 0.717) is 17.2 Å². The number of anilines is 1. The number of hydrogen-bond donors (Lipinski definition) is 2. The second-order valence-corrected chi connectivity index (χ2v) is 6.95. The Morgan fingerprint density at radius 2 is 1.10 bits per heavy atom. The quantitative estimate of drug-likeness (QED) is 0.406. The Bertz CT molecular complexity index is 1150. The molecule has 4 rings (SSSR count). The van der Waals surface area contributed by atoms with E-state index >= 15 is 0 Å². The molecule has 30 heavy (non-hydrogen) atoms. The van der Waals surface area contributed by atoms with Crippen molar-refractivity contribution in [3.8, 4) is 50.6 Å². The van der Waals surface area contributed by atoms with Crippen LogP contribution in [0.2, 0.25) is 0 Å². The van der Waals surface area contributed by atoms with Crippen molar-refractivity contribution in [1.29, 1.82) is 0 Å². The van der Waals surface area contributed by atoms with E-state index < -0.39 is 0 Å². The molecule has 4 heteroatoms. The molecule has 0 saturated heterocycles. The standard InChI is InChI=1S/C26H23NO3/c1-29-23-13-19(14-24(30-2)26(23)28)22-16-20(27)15-21(17-9-5-3-6-10-17)25(22)18-11-7-4-8-12-18/h3-16,28H,27H2,1-2H3. The summed E-state index contributed by atoms with van der Waals surface area (Å²) >= 11 is 0. The van der Waals surface area contributed by atoms with Gasteiger partial charge in [0, 0.05) is 5.69 Å². The van der Waals surface area contributed by atoms with Gasteiger partial charge in [0.15, 0.2) is 11.5 Å². The molecular formula is C26H23NO3. The van der Waals surface area contributed by atoms with Crippen LogP contribution in [0.15, 0.2) is 84.9 Å². The lowest BCUT2D eigenvalue weighted by molar-refractivity contribution is 0.340. The average molecular weight is 397 g/mol. The number of aromatic hydroxyl groups is 1. The van der Waals surface area contributed by atoms with Gasteiger partial charge in [-0.1, -0.05) is 60.7 Å². The summed E-state index contributed by atoms with van der Waals surface area (Å²) < 4.78 is 10.8. The molecule has 0 spiro atoms. The predicted molar refractivity (Wildman–Crippen MR) is 122 cm³/mol. The zero-order chi connectivity index (χ0) is 21.1. The van der Waals surface area contributed by atoms with E-state index in [1.807, 2.05) is 48.5 Å². The highest BCUT2D eigenvalue weighted by Gasteiger charge is 2.19. The highest BCUT2D eigenvalue weighted by molar-refractivity contribution is 5.97. The normalized spacial score (nSPS) is 10.6. The molecule has 0 amide bonds. The highest BCUT2D eigenvalue weighted by atomic mass is 16.5. The molecule has 0 atom stereocenters. The fourth-order valence-corrected chi connectivity index (χ4v) is 3.70. The van der Waals surface area contributed by atoms with E-state index in [2.05, 4.69) is 24.3 Å². The first-order chi connectivity index (χ1) is 14.6. The van der Waals surface area contributed by atoms with Crippen LogP contribution in [-0.2, 0) is 0 Å². The fraction of sp³-hybridized carbons (Fsp3) is 0.0769. The van der Waals surface area contributed by atoms with Crippen molar-refractivity contribution in [1.82, 2.24) is 0 Å². The zero-order valence-electron chi connectivity index (χ0n) is 16.9. The van der Waals surface area contributed by atoms with E-state index in [4.69, 9.17) is 15.2 Å². The number of ether oxygens (including phenoxy) is 2. The number of methoxy groups -OCH3 is 2. The topological polar surface area (TPSA) is 64.7 Å². The van der Waals surface area contributed by atoms with E-state index in [9.17, 15) is 5.11 Å². The van der Waals surface area contributed by atoms with Crippen LogP contribution in [-0.4, -0.2) is 19.3 Å². The largest absolute Gasteiger partial charge is 0.502 e. The summed E-state index contributed by atoms with van der Waals surface area (Å²) in [7, 11) is 3.04. The highest BCUT2D eigenvalue weighted by Crippen LogP contribution is 2.46. The minimum Gasteiger partial charge on any atom is -0.502 e. The van der Waals surface area contributed by atoms with Gasteiger partial charge in [-0.05, 0) is 57.6 Å². The van der Waals surface area contributed by atoms with Crippen molar-refractivity contribution in [3.63, 3.8) is 0 Å². The molecule has 0 unspecified atom stereocenters. The summed E-state index contributed by atoms with van der Waals surface area (Å²) in [6.45, 7) is 0. The molecule has 150 valence electrons. The van der Waals surface area contributed by atoms with Crippen LogP contribution in [0.1, 0.15) is 0 Å². The SMILES string of the molecule is COc1cc(-c2cc(N)cc(-c3ccccc3)c2-c2ccccc2)cc(OC)c1O. The number of nitrogen functional groups attached to an aromatic ring is 1. The lowest BCUT2D eigenvalue weighted by Crippen LogP contribution is -1.96. The molecule has 0 radical (unpaired) electrons. The molecule has 0 aliphatic heterocycles. The van der Waals surface area contributed by atoms with Crippen LogP contribution in [0.4, 0.5) is 5.69 Å². The lowest BCUT2D eigenvalue weighted by Gasteiger charge is -2.19. The third kappa shape index (κ3) is 3.55. The van der Waals surface area contributed by atoms with E-state index in [1.165, 1.54) is 14.2 Å². The van der Waals surface area contributed by atoms with Crippen LogP contribution in [0, 0.1) is 0 Å². The van der Waals surface area contributed by atoms with Crippen molar-refractivity contribution >= 4 is 5.69 Å². The monoisotopic (exact) mass is 397 g/mol. The number of benzene rings is 4. The maximum atomic E-state index is 10.4. The molecule has 0 heterocycles. The Balaban J connectivity index is 2.07. The molecule has 0 aromatic heterocycles. The van der Waals surface area contributed by atoms with Crippen LogP contribution >= 0.6 is 0 Å². The van der Waals surface area contributed by atoms with Crippen LogP contribution < -0.4 is 15.2 Å². The minimum atomic E-state index is -0.0304. The Labute approximate surface area is 176 Å². The molecule has 0 saturated carbocycles. The van der Waals surface area contributed by atoms with Crippen LogP contribution in [0.5, 0.6) is 17.2 Å². The van der Waals surface area contributed by atoms with Gasteiger partial charge in [0.05, 0.1) is 14.2 Å². The van der Waals surface area contributed by atoms with Crippen LogP contribution in [0.25, 0.3) is 33.4 Å². The van der Waals surface area contributed by atoms with Gasteiger partial charge in [-0.25, -0.2) is 0 Å². The van der Waals surface area contributed by atoms with Crippen molar-refractivity contribution in [2.24, 2.45) is 0 Å². The molecule has 3 N–H and O–H groups in total. The molecule has 0 aliphatic carbocycles. The summed E-state index contributed by atoms with van der Waals surface area (Å²) in [4.78, 5) is 0. The number of rotatable bonds is 5. The summed E-state index contributed by atoms with van der Waals surface area (Å²) in [5.41, 5.74) is 13.0. The van der Waals surface area contributed by atoms with Crippen molar-refractivity contribution < 1.29 is 14.6 Å². The van der Waals surface area contributed by atoms with Crippen LogP contribution in [0.3, 0.4) is 0 Å². The van der Waals surface area contributed by atoms with Crippen molar-refractivity contribution in [3.05, 3.63) is 84.9 Å². The summed E-state index contributed by atoms with van der Waals surface area (Å²) in [5, 5.41) is 10.4. The average Bonchev–Trinajstić information content (AvgIpc) is 2.80. The van der Waals surface area contributed by atoms with Crippen molar-refractivity contribution in [2.75, 3.05) is 20.0 Å². The third-order valence-corrected chi connectivity index (χ3v) is 5.10. The van der Waals surface area contributed by atoms with E-state index in [1.54, 1.807) is 12.1 Å². The third-order valence-electron chi connectivity index (χ3n) is 5.10. The first kappa shape index (κ1) is 19.4. The van der Waals surface area contributed by atoms with Gasteiger partial charge in [-0.2, -0.15) is 0 Å². The Hall–Kier alpha value is -3.92. The number of hydrogen-bond acceptors (Lipinski definition) is 4. The number of phenolic OH excluding ortho intramolecular Hbond substituents is 1. The molecule has 4 aromatic carbocycles. The molecule has 4 nitrogen and oxygen atoms in total. The zero-order valence-corrected chi connectivity index (χ0v) is 16.9. The summed E-state index contributed by atoms with van der Waals surface area (Å²) in [5.74, 6) is 0.649. The smallest absolute Gasteiger partial charge is 0.200 e. The molecule has 0 bridgehead atoms. The van der Waals surface area contributed by atoms with Gasteiger partial charge in [0.1, 0.15) is 0 Å². The minimum absolute atomic E-state index is 0.0304.